The topological polar surface area (TPSA) is 81.7 Å². The molecule has 1 aliphatic rings. The van der Waals surface area contributed by atoms with Gasteiger partial charge in [-0.15, -0.1) is 0 Å². The lowest BCUT2D eigenvalue weighted by Crippen LogP contribution is -2.30. The summed E-state index contributed by atoms with van der Waals surface area (Å²) in [7, 11) is 1.87. The predicted molar refractivity (Wildman–Crippen MR) is 80.8 cm³/mol. The number of anilines is 1. The second-order valence-electron chi connectivity index (χ2n) is 5.42. The van der Waals surface area contributed by atoms with Gasteiger partial charge < -0.3 is 11.1 Å². The van der Waals surface area contributed by atoms with Crippen LogP contribution in [-0.4, -0.2) is 25.8 Å². The number of aromatic nitrogens is 4. The molecule has 2 atom stereocenters. The fourth-order valence-electron chi connectivity index (χ4n) is 3.04. The molecule has 0 radical (unpaired) electrons. The SMILES string of the molecule is Cn1ncc2c(NC3c4ccccc4CC3N)ncnc21. The third kappa shape index (κ3) is 1.87. The van der Waals surface area contributed by atoms with Crippen LogP contribution in [0, 0.1) is 0 Å². The molecule has 0 saturated carbocycles. The van der Waals surface area contributed by atoms with Gasteiger partial charge in [0.2, 0.25) is 0 Å². The van der Waals surface area contributed by atoms with Crippen LogP contribution in [-0.2, 0) is 13.5 Å². The Balaban J connectivity index is 1.75. The molecule has 0 amide bonds. The van der Waals surface area contributed by atoms with Crippen molar-refractivity contribution in [3.8, 4) is 0 Å². The lowest BCUT2D eigenvalue weighted by molar-refractivity contribution is 0.624. The van der Waals surface area contributed by atoms with Crippen molar-refractivity contribution in [3.63, 3.8) is 0 Å². The van der Waals surface area contributed by atoms with Crippen molar-refractivity contribution in [1.82, 2.24) is 19.7 Å². The van der Waals surface area contributed by atoms with Crippen molar-refractivity contribution < 1.29 is 0 Å². The highest BCUT2D eigenvalue weighted by Gasteiger charge is 2.30. The molecule has 0 fully saturated rings. The highest BCUT2D eigenvalue weighted by Crippen LogP contribution is 2.33. The van der Waals surface area contributed by atoms with Gasteiger partial charge in [0.25, 0.3) is 0 Å². The molecule has 3 N–H and O–H groups in total. The molecule has 0 saturated heterocycles. The van der Waals surface area contributed by atoms with Gasteiger partial charge in [0.05, 0.1) is 17.6 Å². The number of nitrogens with two attached hydrogens (primary N) is 1. The van der Waals surface area contributed by atoms with Crippen LogP contribution in [0.4, 0.5) is 5.82 Å². The molecular formula is C15H16N6. The quantitative estimate of drug-likeness (QED) is 0.741. The number of rotatable bonds is 2. The first kappa shape index (κ1) is 12.3. The number of fused-ring (bicyclic) bond motifs is 2. The Kier molecular flexibility index (Phi) is 2.65. The van der Waals surface area contributed by atoms with E-state index in [1.54, 1.807) is 17.2 Å². The molecule has 0 bridgehead atoms. The summed E-state index contributed by atoms with van der Waals surface area (Å²) >= 11 is 0. The van der Waals surface area contributed by atoms with Gasteiger partial charge in [-0.2, -0.15) is 5.10 Å². The zero-order chi connectivity index (χ0) is 14.4. The second kappa shape index (κ2) is 4.53. The maximum absolute atomic E-state index is 6.30. The first-order chi connectivity index (χ1) is 10.2. The van der Waals surface area contributed by atoms with E-state index in [0.29, 0.717) is 0 Å². The standard InChI is InChI=1S/C15H16N6/c1-21-15-11(7-19-21)14(17-8-18-15)20-13-10-5-3-2-4-9(10)6-12(13)16/h2-5,7-8,12-13H,6,16H2,1H3,(H,17,18,20). The van der Waals surface area contributed by atoms with E-state index in [1.165, 1.54) is 11.1 Å². The molecule has 21 heavy (non-hydrogen) atoms. The van der Waals surface area contributed by atoms with Crippen LogP contribution in [0.5, 0.6) is 0 Å². The van der Waals surface area contributed by atoms with Crippen molar-refractivity contribution in [2.75, 3.05) is 5.32 Å². The van der Waals surface area contributed by atoms with Crippen molar-refractivity contribution in [3.05, 3.63) is 47.9 Å². The molecule has 106 valence electrons. The van der Waals surface area contributed by atoms with Crippen LogP contribution in [0.3, 0.4) is 0 Å². The molecule has 2 heterocycles. The van der Waals surface area contributed by atoms with Gasteiger partial charge in [-0.25, -0.2) is 9.97 Å². The Morgan fingerprint density at radius 1 is 1.29 bits per heavy atom. The van der Waals surface area contributed by atoms with Crippen LogP contribution in [0.25, 0.3) is 11.0 Å². The summed E-state index contributed by atoms with van der Waals surface area (Å²) in [6, 6.07) is 8.48. The average molecular weight is 280 g/mol. The summed E-state index contributed by atoms with van der Waals surface area (Å²) < 4.78 is 1.74. The molecule has 2 aromatic heterocycles. The second-order valence-corrected chi connectivity index (χ2v) is 5.42. The minimum absolute atomic E-state index is 0.0455. The third-order valence-electron chi connectivity index (χ3n) is 4.10. The van der Waals surface area contributed by atoms with Crippen LogP contribution in [0.1, 0.15) is 17.2 Å². The Morgan fingerprint density at radius 3 is 3.05 bits per heavy atom. The molecule has 1 aromatic carbocycles. The summed E-state index contributed by atoms with van der Waals surface area (Å²) in [4.78, 5) is 8.62. The number of hydrogen-bond donors (Lipinski definition) is 2. The summed E-state index contributed by atoms with van der Waals surface area (Å²) in [6.07, 6.45) is 4.22. The Labute approximate surface area is 122 Å². The molecule has 0 spiro atoms. The lowest BCUT2D eigenvalue weighted by Gasteiger charge is -2.19. The van der Waals surface area contributed by atoms with Gasteiger partial charge in [0.15, 0.2) is 5.65 Å². The van der Waals surface area contributed by atoms with Gasteiger partial charge in [0.1, 0.15) is 12.1 Å². The van der Waals surface area contributed by atoms with Gasteiger partial charge >= 0.3 is 0 Å². The molecule has 1 aliphatic carbocycles. The zero-order valence-corrected chi connectivity index (χ0v) is 11.7. The fourth-order valence-corrected chi connectivity index (χ4v) is 3.04. The highest BCUT2D eigenvalue weighted by molar-refractivity contribution is 5.86. The van der Waals surface area contributed by atoms with E-state index >= 15 is 0 Å². The van der Waals surface area contributed by atoms with Crippen LogP contribution < -0.4 is 11.1 Å². The summed E-state index contributed by atoms with van der Waals surface area (Å²) in [5, 5.41) is 8.62. The smallest absolute Gasteiger partial charge is 0.163 e. The third-order valence-corrected chi connectivity index (χ3v) is 4.10. The van der Waals surface area contributed by atoms with Gasteiger partial charge in [-0.1, -0.05) is 24.3 Å². The largest absolute Gasteiger partial charge is 0.361 e. The average Bonchev–Trinajstić information content (AvgIpc) is 3.02. The Morgan fingerprint density at radius 2 is 2.14 bits per heavy atom. The maximum atomic E-state index is 6.30. The van der Waals surface area contributed by atoms with E-state index in [-0.39, 0.29) is 12.1 Å². The van der Waals surface area contributed by atoms with Crippen molar-refractivity contribution in [2.24, 2.45) is 12.8 Å². The van der Waals surface area contributed by atoms with Crippen LogP contribution >= 0.6 is 0 Å². The monoisotopic (exact) mass is 280 g/mol. The number of hydrogen-bond acceptors (Lipinski definition) is 5. The van der Waals surface area contributed by atoms with E-state index in [1.807, 2.05) is 13.1 Å². The minimum atomic E-state index is 0.0455. The molecular weight excluding hydrogens is 264 g/mol. The zero-order valence-electron chi connectivity index (χ0n) is 11.7. The van der Waals surface area contributed by atoms with Gasteiger partial charge in [-0.3, -0.25) is 4.68 Å². The van der Waals surface area contributed by atoms with E-state index in [0.717, 1.165) is 23.3 Å². The number of benzene rings is 1. The summed E-state index contributed by atoms with van der Waals surface area (Å²) in [6.45, 7) is 0. The molecule has 6 heteroatoms. The van der Waals surface area contributed by atoms with Crippen molar-refractivity contribution in [2.45, 2.75) is 18.5 Å². The predicted octanol–water partition coefficient (Wildman–Crippen LogP) is 1.40. The Bertz CT molecular complexity index is 809. The lowest BCUT2D eigenvalue weighted by atomic mass is 10.1. The maximum Gasteiger partial charge on any atom is 0.163 e. The van der Waals surface area contributed by atoms with Gasteiger partial charge in [-0.05, 0) is 17.5 Å². The summed E-state index contributed by atoms with van der Waals surface area (Å²) in [5.74, 6) is 0.783. The van der Waals surface area contributed by atoms with E-state index in [2.05, 4.69) is 38.6 Å². The number of aryl methyl sites for hydroxylation is 1. The Hall–Kier alpha value is -2.47. The van der Waals surface area contributed by atoms with Crippen molar-refractivity contribution in [1.29, 1.82) is 0 Å². The summed E-state index contributed by atoms with van der Waals surface area (Å²) in [5.41, 5.74) is 9.67. The normalized spacial score (nSPS) is 20.7. The van der Waals surface area contributed by atoms with Crippen molar-refractivity contribution >= 4 is 16.9 Å². The molecule has 4 rings (SSSR count). The van der Waals surface area contributed by atoms with E-state index in [9.17, 15) is 0 Å². The number of nitrogens with zero attached hydrogens (tertiary/aromatic N) is 4. The van der Waals surface area contributed by atoms with E-state index in [4.69, 9.17) is 5.73 Å². The first-order valence-electron chi connectivity index (χ1n) is 6.96. The highest BCUT2D eigenvalue weighted by atomic mass is 15.3. The van der Waals surface area contributed by atoms with Crippen LogP contribution in [0.15, 0.2) is 36.8 Å². The van der Waals surface area contributed by atoms with Crippen LogP contribution in [0.2, 0.25) is 0 Å². The number of nitrogens with one attached hydrogen (secondary N) is 1. The fraction of sp³-hybridized carbons (Fsp3) is 0.267. The van der Waals surface area contributed by atoms with E-state index < -0.39 is 0 Å². The molecule has 0 aliphatic heterocycles. The minimum Gasteiger partial charge on any atom is -0.361 e. The molecule has 6 nitrogen and oxygen atoms in total. The molecule has 2 unspecified atom stereocenters. The first-order valence-corrected chi connectivity index (χ1v) is 6.96. The molecule has 3 aromatic rings. The van der Waals surface area contributed by atoms with Gasteiger partial charge in [0, 0.05) is 13.1 Å².